The van der Waals surface area contributed by atoms with Gasteiger partial charge >= 0.3 is 0 Å². The van der Waals surface area contributed by atoms with Gasteiger partial charge in [0.25, 0.3) is 0 Å². The molecular formula is C20H26N2O3S. The van der Waals surface area contributed by atoms with E-state index in [2.05, 4.69) is 5.32 Å². The van der Waals surface area contributed by atoms with Crippen molar-refractivity contribution in [3.63, 3.8) is 0 Å². The smallest absolute Gasteiger partial charge is 0.232 e. The van der Waals surface area contributed by atoms with Crippen molar-refractivity contribution in [3.8, 4) is 0 Å². The van der Waals surface area contributed by atoms with Crippen molar-refractivity contribution in [1.29, 1.82) is 0 Å². The Kier molecular flexibility index (Phi) is 6.42. The molecule has 140 valence electrons. The molecule has 0 atom stereocenters. The monoisotopic (exact) mass is 374 g/mol. The molecule has 1 N–H and O–H groups in total. The van der Waals surface area contributed by atoms with Crippen LogP contribution in [0.4, 0.5) is 11.4 Å². The summed E-state index contributed by atoms with van der Waals surface area (Å²) in [6, 6.07) is 13.2. The van der Waals surface area contributed by atoms with Gasteiger partial charge in [0.1, 0.15) is 0 Å². The Balaban J connectivity index is 2.01. The van der Waals surface area contributed by atoms with Crippen LogP contribution in [0, 0.1) is 20.8 Å². The molecule has 0 unspecified atom stereocenters. The third kappa shape index (κ3) is 5.33. The van der Waals surface area contributed by atoms with Gasteiger partial charge in [0.15, 0.2) is 0 Å². The number of hydrogen-bond acceptors (Lipinski definition) is 3. The van der Waals surface area contributed by atoms with Crippen molar-refractivity contribution in [1.82, 2.24) is 0 Å². The second-order valence-electron chi connectivity index (χ2n) is 6.59. The Hall–Kier alpha value is -2.34. The van der Waals surface area contributed by atoms with Crippen molar-refractivity contribution in [3.05, 3.63) is 59.2 Å². The molecule has 2 aromatic rings. The number of aryl methyl sites for hydroxylation is 3. The lowest BCUT2D eigenvalue weighted by Gasteiger charge is -2.24. The topological polar surface area (TPSA) is 66.5 Å². The molecule has 0 bridgehead atoms. The van der Waals surface area contributed by atoms with Gasteiger partial charge in [0.05, 0.1) is 11.9 Å². The van der Waals surface area contributed by atoms with E-state index >= 15 is 0 Å². The van der Waals surface area contributed by atoms with Crippen molar-refractivity contribution < 1.29 is 13.2 Å². The molecule has 0 heterocycles. The predicted octanol–water partition coefficient (Wildman–Crippen LogP) is 3.80. The van der Waals surface area contributed by atoms with Crippen molar-refractivity contribution >= 4 is 27.3 Å². The Labute approximate surface area is 156 Å². The summed E-state index contributed by atoms with van der Waals surface area (Å²) in [5, 5.41) is 2.91. The van der Waals surface area contributed by atoms with Crippen LogP contribution in [0.1, 0.15) is 29.5 Å². The fraction of sp³-hybridized carbons (Fsp3) is 0.350. The molecule has 2 rings (SSSR count). The Bertz CT molecular complexity index is 892. The highest BCUT2D eigenvalue weighted by Crippen LogP contribution is 2.23. The maximum absolute atomic E-state index is 12.2. The van der Waals surface area contributed by atoms with Gasteiger partial charge in [0, 0.05) is 18.7 Å². The molecule has 0 saturated carbocycles. The van der Waals surface area contributed by atoms with Crippen LogP contribution in [0.25, 0.3) is 0 Å². The minimum atomic E-state index is -3.41. The van der Waals surface area contributed by atoms with Crippen LogP contribution in [-0.4, -0.2) is 27.1 Å². The molecular weight excluding hydrogens is 348 g/mol. The number of amides is 1. The zero-order valence-electron chi connectivity index (χ0n) is 15.7. The van der Waals surface area contributed by atoms with Gasteiger partial charge in [0.2, 0.25) is 15.9 Å². The van der Waals surface area contributed by atoms with E-state index in [-0.39, 0.29) is 18.9 Å². The standard InChI is InChI=1S/C20H26N2O3S/c1-15-11-12-16(2)18(14-15)21-20(23)10-7-13-22(26(4,24)25)19-9-6-5-8-17(19)3/h5-6,8-9,11-12,14H,7,10,13H2,1-4H3,(H,21,23). The third-order valence-corrected chi connectivity index (χ3v) is 5.40. The highest BCUT2D eigenvalue weighted by atomic mass is 32.2. The van der Waals surface area contributed by atoms with E-state index in [0.29, 0.717) is 12.1 Å². The first-order valence-corrected chi connectivity index (χ1v) is 10.4. The van der Waals surface area contributed by atoms with E-state index in [0.717, 1.165) is 22.4 Å². The third-order valence-electron chi connectivity index (χ3n) is 4.22. The minimum Gasteiger partial charge on any atom is -0.326 e. The van der Waals surface area contributed by atoms with Crippen LogP contribution in [0.5, 0.6) is 0 Å². The number of rotatable bonds is 7. The molecule has 1 amide bonds. The average Bonchev–Trinajstić information content (AvgIpc) is 2.55. The molecule has 6 heteroatoms. The van der Waals surface area contributed by atoms with Crippen LogP contribution in [0.2, 0.25) is 0 Å². The Morgan fingerprint density at radius 2 is 1.73 bits per heavy atom. The Morgan fingerprint density at radius 1 is 1.04 bits per heavy atom. The summed E-state index contributed by atoms with van der Waals surface area (Å²) < 4.78 is 25.7. The van der Waals surface area contributed by atoms with E-state index in [1.165, 1.54) is 10.6 Å². The lowest BCUT2D eigenvalue weighted by Crippen LogP contribution is -2.32. The zero-order chi connectivity index (χ0) is 19.3. The van der Waals surface area contributed by atoms with Gasteiger partial charge in [-0.05, 0) is 56.0 Å². The molecule has 26 heavy (non-hydrogen) atoms. The first-order chi connectivity index (χ1) is 12.2. The summed E-state index contributed by atoms with van der Waals surface area (Å²) in [6.07, 6.45) is 1.89. The van der Waals surface area contributed by atoms with Gasteiger partial charge in [-0.15, -0.1) is 0 Å². The highest BCUT2D eigenvalue weighted by Gasteiger charge is 2.19. The Morgan fingerprint density at radius 3 is 2.38 bits per heavy atom. The average molecular weight is 375 g/mol. The van der Waals surface area contributed by atoms with E-state index in [4.69, 9.17) is 0 Å². The minimum absolute atomic E-state index is 0.114. The van der Waals surface area contributed by atoms with Gasteiger partial charge < -0.3 is 5.32 Å². The molecule has 0 saturated heterocycles. The number of nitrogens with one attached hydrogen (secondary N) is 1. The molecule has 5 nitrogen and oxygen atoms in total. The van der Waals surface area contributed by atoms with Crippen LogP contribution in [0.3, 0.4) is 0 Å². The van der Waals surface area contributed by atoms with Gasteiger partial charge in [-0.2, -0.15) is 0 Å². The van der Waals surface area contributed by atoms with E-state index in [1.807, 2.05) is 57.2 Å². The lowest BCUT2D eigenvalue weighted by molar-refractivity contribution is -0.116. The molecule has 2 aromatic carbocycles. The maximum atomic E-state index is 12.2. The number of nitrogens with zero attached hydrogens (tertiary/aromatic N) is 1. The summed E-state index contributed by atoms with van der Waals surface area (Å²) >= 11 is 0. The van der Waals surface area contributed by atoms with Crippen LogP contribution in [0.15, 0.2) is 42.5 Å². The van der Waals surface area contributed by atoms with E-state index in [9.17, 15) is 13.2 Å². The summed E-state index contributed by atoms with van der Waals surface area (Å²) in [6.45, 7) is 6.06. The van der Waals surface area contributed by atoms with Gasteiger partial charge in [-0.25, -0.2) is 8.42 Å². The quantitative estimate of drug-likeness (QED) is 0.802. The summed E-state index contributed by atoms with van der Waals surface area (Å²) in [5.74, 6) is -0.114. The molecule has 0 aromatic heterocycles. The number of benzene rings is 2. The summed E-state index contributed by atoms with van der Waals surface area (Å²) in [7, 11) is -3.41. The SMILES string of the molecule is Cc1ccc(C)c(NC(=O)CCCN(c2ccccc2C)S(C)(=O)=O)c1. The zero-order valence-corrected chi connectivity index (χ0v) is 16.6. The molecule has 0 radical (unpaired) electrons. The summed E-state index contributed by atoms with van der Waals surface area (Å²) in [4.78, 5) is 12.2. The van der Waals surface area contributed by atoms with Crippen molar-refractivity contribution in [2.45, 2.75) is 33.6 Å². The van der Waals surface area contributed by atoms with Crippen LogP contribution in [-0.2, 0) is 14.8 Å². The van der Waals surface area contributed by atoms with Crippen molar-refractivity contribution in [2.75, 3.05) is 22.4 Å². The predicted molar refractivity (Wildman–Crippen MR) is 107 cm³/mol. The number of sulfonamides is 1. The first-order valence-electron chi connectivity index (χ1n) is 8.59. The molecule has 0 fully saturated rings. The number of carbonyl (C=O) groups excluding carboxylic acids is 1. The summed E-state index contributed by atoms with van der Waals surface area (Å²) in [5.41, 5.74) is 4.42. The number of anilines is 2. The first kappa shape index (κ1) is 20.0. The number of carbonyl (C=O) groups is 1. The van der Waals surface area contributed by atoms with Crippen LogP contribution >= 0.6 is 0 Å². The maximum Gasteiger partial charge on any atom is 0.232 e. The molecule has 0 aliphatic heterocycles. The normalized spacial score (nSPS) is 11.2. The number of hydrogen-bond donors (Lipinski definition) is 1. The molecule has 0 spiro atoms. The second kappa shape index (κ2) is 8.36. The van der Waals surface area contributed by atoms with E-state index in [1.54, 1.807) is 6.07 Å². The largest absolute Gasteiger partial charge is 0.326 e. The highest BCUT2D eigenvalue weighted by molar-refractivity contribution is 7.92. The molecule has 0 aliphatic carbocycles. The lowest BCUT2D eigenvalue weighted by atomic mass is 10.1. The number of para-hydroxylation sites is 1. The second-order valence-corrected chi connectivity index (χ2v) is 8.50. The van der Waals surface area contributed by atoms with Crippen LogP contribution < -0.4 is 9.62 Å². The van der Waals surface area contributed by atoms with Gasteiger partial charge in [-0.3, -0.25) is 9.10 Å². The fourth-order valence-corrected chi connectivity index (χ4v) is 3.80. The van der Waals surface area contributed by atoms with E-state index < -0.39 is 10.0 Å². The molecule has 0 aliphatic rings. The fourth-order valence-electron chi connectivity index (χ4n) is 2.77. The van der Waals surface area contributed by atoms with Crippen molar-refractivity contribution in [2.24, 2.45) is 0 Å². The van der Waals surface area contributed by atoms with Gasteiger partial charge in [-0.1, -0.05) is 30.3 Å².